The average Bonchev–Trinajstić information content (AvgIpc) is 3.43. The van der Waals surface area contributed by atoms with Crippen LogP contribution in [0, 0.1) is 0 Å². The molecule has 1 amide bonds. The first-order valence-corrected chi connectivity index (χ1v) is 10.2. The van der Waals surface area contributed by atoms with Crippen molar-refractivity contribution in [2.45, 2.75) is 18.1 Å². The number of aliphatic hydroxyl groups excluding tert-OH is 2. The lowest BCUT2D eigenvalue weighted by Crippen LogP contribution is -2.36. The minimum absolute atomic E-state index is 0.0571. The van der Waals surface area contributed by atoms with E-state index < -0.39 is 18.3 Å². The number of aromatic amines is 1. The monoisotopic (exact) mass is 431 g/mol. The number of hydrogen-bond donors (Lipinski definition) is 4. The highest BCUT2D eigenvalue weighted by Crippen LogP contribution is 2.44. The van der Waals surface area contributed by atoms with Crippen molar-refractivity contribution in [2.75, 3.05) is 13.2 Å². The number of benzene rings is 2. The highest BCUT2D eigenvalue weighted by atomic mass is 16.5. The normalized spacial score (nSPS) is 14.6. The van der Waals surface area contributed by atoms with E-state index in [1.54, 1.807) is 0 Å². The summed E-state index contributed by atoms with van der Waals surface area (Å²) in [5.74, 6) is -0.0571. The third-order valence-corrected chi connectivity index (χ3v) is 5.70. The van der Waals surface area contributed by atoms with Crippen molar-refractivity contribution in [1.29, 1.82) is 0 Å². The van der Waals surface area contributed by atoms with Crippen LogP contribution in [0.15, 0.2) is 61.2 Å². The fraction of sp³-hybridized carbons (Fsp3) is 0.217. The van der Waals surface area contributed by atoms with Crippen molar-refractivity contribution in [3.8, 4) is 11.1 Å². The lowest BCUT2D eigenvalue weighted by molar-refractivity contribution is 0.0168. The van der Waals surface area contributed by atoms with E-state index >= 15 is 0 Å². The van der Waals surface area contributed by atoms with Crippen molar-refractivity contribution < 1.29 is 19.7 Å². The molecular formula is C23H21N5O4. The first-order chi connectivity index (χ1) is 15.6. The minimum atomic E-state index is -1.34. The van der Waals surface area contributed by atoms with E-state index in [1.165, 1.54) is 12.7 Å². The van der Waals surface area contributed by atoms with Crippen molar-refractivity contribution >= 4 is 17.3 Å². The SMILES string of the molecule is O=C(NCC(O)C(O)c1ncnc2nc[nH]c12)OCC1c2ccccc2-c2ccccc21. The van der Waals surface area contributed by atoms with Crippen molar-refractivity contribution in [2.24, 2.45) is 0 Å². The van der Waals surface area contributed by atoms with Gasteiger partial charge in [0.1, 0.15) is 36.4 Å². The van der Waals surface area contributed by atoms with Crippen LogP contribution in [0.2, 0.25) is 0 Å². The maximum Gasteiger partial charge on any atom is 0.407 e. The number of H-pyrrole nitrogens is 1. The molecule has 2 aromatic heterocycles. The Morgan fingerprint density at radius 3 is 2.44 bits per heavy atom. The molecule has 4 N–H and O–H groups in total. The van der Waals surface area contributed by atoms with Crippen LogP contribution in [0.5, 0.6) is 0 Å². The minimum Gasteiger partial charge on any atom is -0.449 e. The molecule has 9 heteroatoms. The molecule has 2 aromatic carbocycles. The van der Waals surface area contributed by atoms with E-state index in [-0.39, 0.29) is 24.8 Å². The van der Waals surface area contributed by atoms with Crippen molar-refractivity contribution in [3.05, 3.63) is 78.0 Å². The van der Waals surface area contributed by atoms with Gasteiger partial charge in [0.2, 0.25) is 0 Å². The molecule has 0 spiro atoms. The summed E-state index contributed by atoms with van der Waals surface area (Å²) in [6, 6.07) is 16.1. The summed E-state index contributed by atoms with van der Waals surface area (Å²) >= 11 is 0. The van der Waals surface area contributed by atoms with Gasteiger partial charge in [-0.15, -0.1) is 0 Å². The van der Waals surface area contributed by atoms with Crippen LogP contribution in [0.4, 0.5) is 4.79 Å². The molecule has 0 saturated carbocycles. The Morgan fingerprint density at radius 2 is 1.72 bits per heavy atom. The van der Waals surface area contributed by atoms with Crippen molar-refractivity contribution in [3.63, 3.8) is 0 Å². The molecule has 2 heterocycles. The standard InChI is InChI=1S/C23H21N5O4/c29-18(21(30)19-20-22(27-11-25-19)28-12-26-20)9-24-23(31)32-10-17-15-7-3-1-5-13(15)14-6-2-4-8-16(14)17/h1-8,11-12,17-18,21,29-30H,9-10H2,(H,24,31)(H,25,26,27,28). The molecule has 1 aliphatic rings. The summed E-state index contributed by atoms with van der Waals surface area (Å²) in [7, 11) is 0. The number of carbonyl (C=O) groups excluding carboxylic acids is 1. The fourth-order valence-corrected chi connectivity index (χ4v) is 4.14. The lowest BCUT2D eigenvalue weighted by atomic mass is 9.98. The number of ether oxygens (including phenoxy) is 1. The van der Waals surface area contributed by atoms with Crippen LogP contribution in [0.25, 0.3) is 22.3 Å². The number of nitrogens with one attached hydrogen (secondary N) is 2. The summed E-state index contributed by atoms with van der Waals surface area (Å²) in [5.41, 5.74) is 5.53. The van der Waals surface area contributed by atoms with Crippen LogP contribution in [-0.4, -0.2) is 55.5 Å². The zero-order chi connectivity index (χ0) is 22.1. The molecule has 2 atom stereocenters. The van der Waals surface area contributed by atoms with Crippen LogP contribution in [0.1, 0.15) is 28.8 Å². The number of fused-ring (bicyclic) bond motifs is 4. The molecule has 4 aromatic rings. The largest absolute Gasteiger partial charge is 0.449 e. The molecule has 0 aliphatic heterocycles. The molecule has 32 heavy (non-hydrogen) atoms. The third kappa shape index (κ3) is 3.57. The van der Waals surface area contributed by atoms with Gasteiger partial charge in [0.15, 0.2) is 5.65 Å². The number of rotatable bonds is 6. The highest BCUT2D eigenvalue weighted by molar-refractivity contribution is 5.79. The van der Waals surface area contributed by atoms with E-state index in [1.807, 2.05) is 36.4 Å². The smallest absolute Gasteiger partial charge is 0.407 e. The predicted octanol–water partition coefficient (Wildman–Crippen LogP) is 2.29. The van der Waals surface area contributed by atoms with Gasteiger partial charge in [0, 0.05) is 12.5 Å². The van der Waals surface area contributed by atoms with Gasteiger partial charge in [0.05, 0.1) is 6.33 Å². The first kappa shape index (κ1) is 20.1. The number of imidazole rings is 1. The molecule has 0 bridgehead atoms. The topological polar surface area (TPSA) is 133 Å². The summed E-state index contributed by atoms with van der Waals surface area (Å²) in [6.45, 7) is -0.0450. The molecule has 5 rings (SSSR count). The number of carbonyl (C=O) groups is 1. The highest BCUT2D eigenvalue weighted by Gasteiger charge is 2.29. The van der Waals surface area contributed by atoms with Gasteiger partial charge in [-0.25, -0.2) is 19.7 Å². The van der Waals surface area contributed by atoms with E-state index in [0.29, 0.717) is 11.2 Å². The first-order valence-electron chi connectivity index (χ1n) is 10.2. The molecular weight excluding hydrogens is 410 g/mol. The Kier molecular flexibility index (Phi) is 5.26. The van der Waals surface area contributed by atoms with Gasteiger partial charge in [-0.2, -0.15) is 0 Å². The predicted molar refractivity (Wildman–Crippen MR) is 116 cm³/mol. The Hall–Kier alpha value is -3.82. The van der Waals surface area contributed by atoms with Crippen LogP contribution in [-0.2, 0) is 4.74 Å². The summed E-state index contributed by atoms with van der Waals surface area (Å²) in [6.07, 6.45) is -0.621. The number of aliphatic hydroxyl groups is 2. The quantitative estimate of drug-likeness (QED) is 0.368. The molecule has 9 nitrogen and oxygen atoms in total. The second-order valence-electron chi connectivity index (χ2n) is 7.58. The van der Waals surface area contributed by atoms with Crippen molar-refractivity contribution in [1.82, 2.24) is 25.3 Å². The maximum atomic E-state index is 12.3. The zero-order valence-electron chi connectivity index (χ0n) is 17.0. The number of hydrogen-bond acceptors (Lipinski definition) is 7. The fourth-order valence-electron chi connectivity index (χ4n) is 4.14. The van der Waals surface area contributed by atoms with Gasteiger partial charge < -0.3 is 25.3 Å². The van der Waals surface area contributed by atoms with Crippen LogP contribution in [0.3, 0.4) is 0 Å². The zero-order valence-corrected chi connectivity index (χ0v) is 17.0. The Morgan fingerprint density at radius 1 is 1.03 bits per heavy atom. The van der Waals surface area contributed by atoms with Gasteiger partial charge >= 0.3 is 6.09 Å². The third-order valence-electron chi connectivity index (χ3n) is 5.70. The Bertz CT molecular complexity index is 1230. The number of nitrogens with zero attached hydrogens (tertiary/aromatic N) is 3. The second-order valence-corrected chi connectivity index (χ2v) is 7.58. The van der Waals surface area contributed by atoms with E-state index in [4.69, 9.17) is 4.74 Å². The molecule has 0 fully saturated rings. The van der Waals surface area contributed by atoms with E-state index in [9.17, 15) is 15.0 Å². The molecule has 0 radical (unpaired) electrons. The number of alkyl carbamates (subject to hydrolysis) is 1. The molecule has 162 valence electrons. The van der Waals surface area contributed by atoms with Gasteiger partial charge in [-0.1, -0.05) is 48.5 Å². The summed E-state index contributed by atoms with van der Waals surface area (Å²) < 4.78 is 5.45. The maximum absolute atomic E-state index is 12.3. The molecule has 2 unspecified atom stereocenters. The van der Waals surface area contributed by atoms with E-state index in [0.717, 1.165) is 22.3 Å². The second kappa shape index (κ2) is 8.37. The summed E-state index contributed by atoms with van der Waals surface area (Å²) in [5, 5.41) is 23.3. The van der Waals surface area contributed by atoms with Crippen LogP contribution >= 0.6 is 0 Å². The van der Waals surface area contributed by atoms with Gasteiger partial charge in [-0.3, -0.25) is 0 Å². The molecule has 1 aliphatic carbocycles. The Balaban J connectivity index is 1.20. The van der Waals surface area contributed by atoms with Gasteiger partial charge in [-0.05, 0) is 22.3 Å². The average molecular weight is 431 g/mol. The number of aromatic nitrogens is 4. The summed E-state index contributed by atoms with van der Waals surface area (Å²) in [4.78, 5) is 27.1. The Labute approximate surface area is 183 Å². The molecule has 0 saturated heterocycles. The van der Waals surface area contributed by atoms with E-state index in [2.05, 4.69) is 37.4 Å². The lowest BCUT2D eigenvalue weighted by Gasteiger charge is -2.19. The number of amides is 1. The van der Waals surface area contributed by atoms with Crippen LogP contribution < -0.4 is 5.32 Å². The van der Waals surface area contributed by atoms with Gasteiger partial charge in [0.25, 0.3) is 0 Å².